The summed E-state index contributed by atoms with van der Waals surface area (Å²) in [6.45, 7) is 1.97. The number of aliphatic carboxylic acids is 1. The number of aryl methyl sites for hydroxylation is 1. The van der Waals surface area contributed by atoms with Gasteiger partial charge in [0.2, 0.25) is 0 Å². The van der Waals surface area contributed by atoms with Crippen LogP contribution in [0.25, 0.3) is 0 Å². The molecule has 0 saturated carbocycles. The minimum Gasteiger partial charge on any atom is -0.479 e. The summed E-state index contributed by atoms with van der Waals surface area (Å²) in [7, 11) is 0. The molecule has 1 aromatic rings. The van der Waals surface area contributed by atoms with Crippen LogP contribution in [0.5, 0.6) is 0 Å². The first-order valence-corrected chi connectivity index (χ1v) is 4.13. The van der Waals surface area contributed by atoms with Crippen LogP contribution in [0.3, 0.4) is 0 Å². The first-order valence-electron chi connectivity index (χ1n) is 4.13. The van der Waals surface area contributed by atoms with Gasteiger partial charge in [0.25, 0.3) is 0 Å². The van der Waals surface area contributed by atoms with Crippen molar-refractivity contribution in [2.45, 2.75) is 19.1 Å². The van der Waals surface area contributed by atoms with Crippen LogP contribution in [0.2, 0.25) is 0 Å². The topological polar surface area (TPSA) is 49.8 Å². The van der Waals surface area contributed by atoms with Crippen molar-refractivity contribution >= 4 is 5.97 Å². The normalized spacial score (nSPS) is 25.6. The zero-order valence-electron chi connectivity index (χ0n) is 7.23. The van der Waals surface area contributed by atoms with Crippen LogP contribution in [0, 0.1) is 6.92 Å². The lowest BCUT2D eigenvalue weighted by atomic mass is 10.1. The predicted octanol–water partition coefficient (Wildman–Crippen LogP) is 1.52. The van der Waals surface area contributed by atoms with Gasteiger partial charge in [0.1, 0.15) is 6.10 Å². The molecule has 0 aliphatic carbocycles. The molecule has 2 rings (SSSR count). The number of hydrogen-bond donors (Lipinski definition) is 1. The number of carboxylic acid groups (broad SMARTS) is 1. The van der Waals surface area contributed by atoms with Gasteiger partial charge in [0.05, 0.1) is 0 Å². The molecule has 1 N–H and O–H groups in total. The molecule has 13 heavy (non-hydrogen) atoms. The first-order chi connectivity index (χ1) is 6.18. The Bertz CT molecular complexity index is 346. The third-order valence-electron chi connectivity index (χ3n) is 2.11. The van der Waals surface area contributed by atoms with Crippen molar-refractivity contribution in [2.75, 3.05) is 0 Å². The summed E-state index contributed by atoms with van der Waals surface area (Å²) in [5.41, 5.74) is 2.07. The second-order valence-electron chi connectivity index (χ2n) is 3.23. The molecule has 1 heterocycles. The Labute approximate surface area is 76.0 Å². The summed E-state index contributed by atoms with van der Waals surface area (Å²) < 4.78 is 5.02. The Morgan fingerprint density at radius 1 is 1.54 bits per heavy atom. The Hall–Kier alpha value is -1.35. The molecule has 3 nitrogen and oxygen atoms in total. The lowest BCUT2D eigenvalue weighted by molar-refractivity contribution is -0.138. The van der Waals surface area contributed by atoms with E-state index in [0.29, 0.717) is 0 Å². The second kappa shape index (κ2) is 2.85. The molecule has 3 heteroatoms. The molecule has 0 spiro atoms. The van der Waals surface area contributed by atoms with Crippen LogP contribution in [0.1, 0.15) is 17.2 Å². The molecule has 1 aromatic carbocycles. The molecule has 2 atom stereocenters. The number of carbonyl (C=O) groups is 1. The number of rotatable bonds is 2. The fourth-order valence-corrected chi connectivity index (χ4v) is 1.40. The highest BCUT2D eigenvalue weighted by atomic mass is 16.6. The number of ether oxygens (including phenoxy) is 1. The van der Waals surface area contributed by atoms with E-state index in [2.05, 4.69) is 0 Å². The summed E-state index contributed by atoms with van der Waals surface area (Å²) >= 11 is 0. The van der Waals surface area contributed by atoms with Crippen molar-refractivity contribution in [3.8, 4) is 0 Å². The summed E-state index contributed by atoms with van der Waals surface area (Å²) in [5, 5.41) is 8.63. The van der Waals surface area contributed by atoms with Crippen LogP contribution >= 0.6 is 0 Å². The number of epoxide rings is 1. The molecule has 0 unspecified atom stereocenters. The highest BCUT2D eigenvalue weighted by Gasteiger charge is 2.46. The van der Waals surface area contributed by atoms with E-state index in [1.807, 2.05) is 31.2 Å². The van der Waals surface area contributed by atoms with Gasteiger partial charge in [0.15, 0.2) is 6.10 Å². The standard InChI is InChI=1S/C10H10O3/c1-6-3-2-4-7(5-6)8-9(13-8)10(11)12/h2-5,8-9H,1H3,(H,11,12)/t8-,9-/m0/s1. The van der Waals surface area contributed by atoms with E-state index in [-0.39, 0.29) is 6.10 Å². The third kappa shape index (κ3) is 1.55. The molecular formula is C10H10O3. The predicted molar refractivity (Wildman–Crippen MR) is 46.4 cm³/mol. The van der Waals surface area contributed by atoms with E-state index in [1.165, 1.54) is 0 Å². The summed E-state index contributed by atoms with van der Waals surface area (Å²) in [6.07, 6.45) is -0.876. The average Bonchev–Trinajstić information content (AvgIpc) is 2.82. The molecule has 1 fully saturated rings. The molecule has 1 aliphatic rings. The second-order valence-corrected chi connectivity index (χ2v) is 3.23. The number of hydrogen-bond acceptors (Lipinski definition) is 2. The van der Waals surface area contributed by atoms with Gasteiger partial charge in [-0.05, 0) is 12.5 Å². The van der Waals surface area contributed by atoms with Crippen LogP contribution < -0.4 is 0 Å². The Morgan fingerprint density at radius 2 is 2.31 bits per heavy atom. The maximum atomic E-state index is 10.5. The van der Waals surface area contributed by atoms with Crippen molar-refractivity contribution < 1.29 is 14.6 Å². The van der Waals surface area contributed by atoms with Gasteiger partial charge >= 0.3 is 5.97 Å². The van der Waals surface area contributed by atoms with Crippen LogP contribution in [-0.4, -0.2) is 17.2 Å². The zero-order chi connectivity index (χ0) is 9.42. The van der Waals surface area contributed by atoms with Crippen LogP contribution in [0.4, 0.5) is 0 Å². The van der Waals surface area contributed by atoms with Gasteiger partial charge in [0, 0.05) is 0 Å². The van der Waals surface area contributed by atoms with Crippen LogP contribution in [-0.2, 0) is 9.53 Å². The quantitative estimate of drug-likeness (QED) is 0.698. The Balaban J connectivity index is 2.16. The minimum atomic E-state index is -0.883. The summed E-state index contributed by atoms with van der Waals surface area (Å²) in [4.78, 5) is 10.5. The fourth-order valence-electron chi connectivity index (χ4n) is 1.40. The zero-order valence-corrected chi connectivity index (χ0v) is 7.23. The molecule has 0 bridgehead atoms. The molecular weight excluding hydrogens is 168 g/mol. The van der Waals surface area contributed by atoms with E-state index in [4.69, 9.17) is 9.84 Å². The smallest absolute Gasteiger partial charge is 0.335 e. The fraction of sp³-hybridized carbons (Fsp3) is 0.300. The first kappa shape index (κ1) is 8.26. The third-order valence-corrected chi connectivity index (χ3v) is 2.11. The molecule has 0 aromatic heterocycles. The number of benzene rings is 1. The van der Waals surface area contributed by atoms with Gasteiger partial charge < -0.3 is 9.84 Å². The van der Waals surface area contributed by atoms with E-state index < -0.39 is 12.1 Å². The van der Waals surface area contributed by atoms with Gasteiger partial charge in [-0.15, -0.1) is 0 Å². The van der Waals surface area contributed by atoms with Gasteiger partial charge in [-0.3, -0.25) is 0 Å². The highest BCUT2D eigenvalue weighted by Crippen LogP contribution is 2.38. The molecule has 68 valence electrons. The van der Waals surface area contributed by atoms with Crippen LogP contribution in [0.15, 0.2) is 24.3 Å². The van der Waals surface area contributed by atoms with Crippen molar-refractivity contribution in [2.24, 2.45) is 0 Å². The van der Waals surface area contributed by atoms with Gasteiger partial charge in [-0.1, -0.05) is 29.8 Å². The highest BCUT2D eigenvalue weighted by molar-refractivity contribution is 5.76. The maximum Gasteiger partial charge on any atom is 0.335 e. The summed E-state index contributed by atoms with van der Waals surface area (Å²) in [6, 6.07) is 7.72. The lowest BCUT2D eigenvalue weighted by Gasteiger charge is -1.96. The maximum absolute atomic E-state index is 10.5. The Morgan fingerprint density at radius 3 is 2.85 bits per heavy atom. The van der Waals surface area contributed by atoms with Crippen molar-refractivity contribution in [1.82, 2.24) is 0 Å². The summed E-state index contributed by atoms with van der Waals surface area (Å²) in [5.74, 6) is -0.883. The monoisotopic (exact) mass is 178 g/mol. The average molecular weight is 178 g/mol. The molecule has 1 saturated heterocycles. The lowest BCUT2D eigenvalue weighted by Crippen LogP contribution is -2.04. The van der Waals surface area contributed by atoms with Crippen molar-refractivity contribution in [1.29, 1.82) is 0 Å². The molecule has 0 radical (unpaired) electrons. The SMILES string of the molecule is Cc1cccc([C@@H]2O[C@@H]2C(=O)O)c1. The largest absolute Gasteiger partial charge is 0.479 e. The van der Waals surface area contributed by atoms with Crippen molar-refractivity contribution in [3.63, 3.8) is 0 Å². The number of carboxylic acids is 1. The molecule has 0 amide bonds. The van der Waals surface area contributed by atoms with E-state index >= 15 is 0 Å². The van der Waals surface area contributed by atoms with Gasteiger partial charge in [-0.2, -0.15) is 0 Å². The van der Waals surface area contributed by atoms with E-state index in [1.54, 1.807) is 0 Å². The Kier molecular flexibility index (Phi) is 1.81. The van der Waals surface area contributed by atoms with Crippen molar-refractivity contribution in [3.05, 3.63) is 35.4 Å². The molecule has 1 aliphatic heterocycles. The van der Waals surface area contributed by atoms with E-state index in [9.17, 15) is 4.79 Å². The van der Waals surface area contributed by atoms with Gasteiger partial charge in [-0.25, -0.2) is 4.79 Å². The minimum absolute atomic E-state index is 0.239. The van der Waals surface area contributed by atoms with E-state index in [0.717, 1.165) is 11.1 Å².